The molecule has 0 aliphatic heterocycles. The number of carbonyl (C=O) groups excluding carboxylic acids is 2. The van der Waals surface area contributed by atoms with Crippen molar-refractivity contribution >= 4 is 34.2 Å². The highest BCUT2D eigenvalue weighted by Crippen LogP contribution is 2.17. The number of thiazole rings is 1. The van der Waals surface area contributed by atoms with Gasteiger partial charge in [-0.1, -0.05) is 18.5 Å². The van der Waals surface area contributed by atoms with Crippen molar-refractivity contribution in [2.75, 3.05) is 26.1 Å². The van der Waals surface area contributed by atoms with E-state index in [0.717, 1.165) is 24.2 Å². The minimum absolute atomic E-state index is 0.0800. The van der Waals surface area contributed by atoms with Gasteiger partial charge < -0.3 is 14.3 Å². The first-order valence-electron chi connectivity index (χ1n) is 6.21. The molecule has 0 unspecified atom stereocenters. The number of carbonyl (C=O) groups is 2. The first-order chi connectivity index (χ1) is 10.1. The maximum atomic E-state index is 11.5. The molecule has 9 heteroatoms. The van der Waals surface area contributed by atoms with Gasteiger partial charge in [0.25, 0.3) is 0 Å². The van der Waals surface area contributed by atoms with Gasteiger partial charge in [0.2, 0.25) is 5.71 Å². The van der Waals surface area contributed by atoms with Crippen molar-refractivity contribution < 1.29 is 23.9 Å². The minimum Gasteiger partial charge on any atom is -0.464 e. The first-order valence-corrected chi connectivity index (χ1v) is 7.09. The Hall–Kier alpha value is -2.16. The van der Waals surface area contributed by atoms with E-state index in [4.69, 9.17) is 4.74 Å². The second kappa shape index (κ2) is 8.90. The van der Waals surface area contributed by atoms with Crippen molar-refractivity contribution in [3.8, 4) is 0 Å². The third-order valence-electron chi connectivity index (χ3n) is 2.25. The number of hydrogen-bond donors (Lipinski definition) is 1. The Labute approximate surface area is 126 Å². The number of oxime groups is 1. The number of unbranched alkanes of at least 4 members (excludes halogenated alkanes) is 1. The van der Waals surface area contributed by atoms with Crippen LogP contribution in [0.15, 0.2) is 10.5 Å². The largest absolute Gasteiger partial charge is 0.464 e. The second-order valence-corrected chi connectivity index (χ2v) is 4.62. The van der Waals surface area contributed by atoms with Gasteiger partial charge in [-0.2, -0.15) is 0 Å². The number of anilines is 1. The molecule has 0 spiro atoms. The fourth-order valence-electron chi connectivity index (χ4n) is 1.25. The number of amides is 1. The number of ether oxygens (including phenoxy) is 2. The summed E-state index contributed by atoms with van der Waals surface area (Å²) in [6.45, 7) is 2.34. The van der Waals surface area contributed by atoms with Crippen molar-refractivity contribution in [1.82, 2.24) is 4.98 Å². The highest BCUT2D eigenvalue weighted by molar-refractivity contribution is 7.14. The zero-order chi connectivity index (χ0) is 15.7. The third kappa shape index (κ3) is 5.38. The van der Waals surface area contributed by atoms with Crippen LogP contribution in [0.2, 0.25) is 0 Å². The molecule has 1 heterocycles. The number of methoxy groups -OCH3 is 1. The van der Waals surface area contributed by atoms with Crippen LogP contribution in [0.5, 0.6) is 0 Å². The van der Waals surface area contributed by atoms with E-state index in [-0.39, 0.29) is 11.4 Å². The normalized spacial score (nSPS) is 10.9. The molecular formula is C12H17N3O5S. The predicted molar refractivity (Wildman–Crippen MR) is 77.6 cm³/mol. The van der Waals surface area contributed by atoms with Crippen LogP contribution in [-0.2, 0) is 19.1 Å². The fourth-order valence-corrected chi connectivity index (χ4v) is 1.93. The summed E-state index contributed by atoms with van der Waals surface area (Å²) in [6.07, 6.45) is 1.14. The summed E-state index contributed by atoms with van der Waals surface area (Å²) in [6, 6.07) is 0. The molecule has 0 bridgehead atoms. The minimum atomic E-state index is -0.681. The summed E-state index contributed by atoms with van der Waals surface area (Å²) in [5.41, 5.74) is 0.168. The summed E-state index contributed by atoms with van der Waals surface area (Å²) in [4.78, 5) is 31.6. The third-order valence-corrected chi connectivity index (χ3v) is 3.01. The molecule has 1 amide bonds. The molecule has 0 aromatic carbocycles. The van der Waals surface area contributed by atoms with Gasteiger partial charge in [-0.3, -0.25) is 5.32 Å². The van der Waals surface area contributed by atoms with E-state index in [1.54, 1.807) is 5.38 Å². The Morgan fingerprint density at radius 2 is 2.19 bits per heavy atom. The standard InChI is InChI=1S/C12H17N3O5S/c1-4-5-6-20-12(17)14-11-13-8(7-21-11)9(15-19-3)10(16)18-2/h7H,4-6H2,1-3H3,(H,13,14,17). The highest BCUT2D eigenvalue weighted by atomic mass is 32.1. The monoisotopic (exact) mass is 315 g/mol. The van der Waals surface area contributed by atoms with Crippen LogP contribution in [-0.4, -0.2) is 43.6 Å². The van der Waals surface area contributed by atoms with E-state index < -0.39 is 12.1 Å². The topological polar surface area (TPSA) is 99.1 Å². The van der Waals surface area contributed by atoms with Crippen molar-refractivity contribution in [1.29, 1.82) is 0 Å². The van der Waals surface area contributed by atoms with E-state index in [2.05, 4.69) is 25.0 Å². The maximum absolute atomic E-state index is 11.5. The Morgan fingerprint density at radius 3 is 2.81 bits per heavy atom. The molecule has 1 rings (SSSR count). The molecule has 0 radical (unpaired) electrons. The van der Waals surface area contributed by atoms with Gasteiger partial charge in [0, 0.05) is 5.38 Å². The highest BCUT2D eigenvalue weighted by Gasteiger charge is 2.19. The number of nitrogens with one attached hydrogen (secondary N) is 1. The Kier molecular flexibility index (Phi) is 7.16. The van der Waals surface area contributed by atoms with Gasteiger partial charge in [0.15, 0.2) is 5.13 Å². The molecule has 1 aromatic rings. The van der Waals surface area contributed by atoms with Crippen LogP contribution in [0, 0.1) is 0 Å². The number of esters is 1. The number of hydrogen-bond acceptors (Lipinski definition) is 8. The molecule has 116 valence electrons. The summed E-state index contributed by atoms with van der Waals surface area (Å²) >= 11 is 1.13. The van der Waals surface area contributed by atoms with E-state index in [0.29, 0.717) is 11.7 Å². The zero-order valence-corrected chi connectivity index (χ0v) is 12.9. The molecule has 0 aliphatic carbocycles. The lowest BCUT2D eigenvalue weighted by Gasteiger charge is -2.03. The van der Waals surface area contributed by atoms with E-state index in [1.165, 1.54) is 14.2 Å². The summed E-state index contributed by atoms with van der Waals surface area (Å²) in [7, 11) is 2.53. The van der Waals surface area contributed by atoms with Crippen molar-refractivity contribution in [3.63, 3.8) is 0 Å². The van der Waals surface area contributed by atoms with Crippen LogP contribution in [0.25, 0.3) is 0 Å². The zero-order valence-electron chi connectivity index (χ0n) is 12.0. The summed E-state index contributed by atoms with van der Waals surface area (Å²) < 4.78 is 9.52. The Bertz CT molecular complexity index is 515. The Balaban J connectivity index is 2.69. The van der Waals surface area contributed by atoms with Gasteiger partial charge in [0.1, 0.15) is 12.8 Å². The van der Waals surface area contributed by atoms with Gasteiger partial charge in [-0.25, -0.2) is 14.6 Å². The first kappa shape index (κ1) is 16.9. The van der Waals surface area contributed by atoms with E-state index in [1.807, 2.05) is 6.92 Å². The number of rotatable bonds is 7. The number of aromatic nitrogens is 1. The average molecular weight is 315 g/mol. The molecule has 0 saturated heterocycles. The Morgan fingerprint density at radius 1 is 1.43 bits per heavy atom. The van der Waals surface area contributed by atoms with E-state index >= 15 is 0 Å². The average Bonchev–Trinajstić information content (AvgIpc) is 2.92. The van der Waals surface area contributed by atoms with Crippen molar-refractivity contribution in [2.24, 2.45) is 5.16 Å². The molecule has 1 aromatic heterocycles. The quantitative estimate of drug-likeness (QED) is 0.358. The molecule has 0 saturated carbocycles. The van der Waals surface area contributed by atoms with E-state index in [9.17, 15) is 9.59 Å². The van der Waals surface area contributed by atoms with Crippen LogP contribution >= 0.6 is 11.3 Å². The lowest BCUT2D eigenvalue weighted by atomic mass is 10.3. The molecule has 21 heavy (non-hydrogen) atoms. The van der Waals surface area contributed by atoms with Crippen molar-refractivity contribution in [2.45, 2.75) is 19.8 Å². The lowest BCUT2D eigenvalue weighted by molar-refractivity contribution is -0.132. The van der Waals surface area contributed by atoms with Crippen LogP contribution in [0.1, 0.15) is 25.5 Å². The van der Waals surface area contributed by atoms with Gasteiger partial charge in [0.05, 0.1) is 13.7 Å². The number of nitrogens with zero attached hydrogens (tertiary/aromatic N) is 2. The molecule has 8 nitrogen and oxygen atoms in total. The smallest absolute Gasteiger partial charge is 0.413 e. The van der Waals surface area contributed by atoms with Gasteiger partial charge in [-0.15, -0.1) is 11.3 Å². The fraction of sp³-hybridized carbons (Fsp3) is 0.500. The molecule has 0 atom stereocenters. The van der Waals surface area contributed by atoms with Gasteiger partial charge in [-0.05, 0) is 6.42 Å². The lowest BCUT2D eigenvalue weighted by Crippen LogP contribution is -2.18. The molecule has 0 fully saturated rings. The predicted octanol–water partition coefficient (Wildman–Crippen LogP) is 2.02. The summed E-state index contributed by atoms with van der Waals surface area (Å²) in [5.74, 6) is -0.681. The molecular weight excluding hydrogens is 298 g/mol. The molecule has 0 aliphatic rings. The van der Waals surface area contributed by atoms with Gasteiger partial charge >= 0.3 is 12.1 Å². The maximum Gasteiger partial charge on any atom is 0.413 e. The summed E-state index contributed by atoms with van der Waals surface area (Å²) in [5, 5.41) is 7.88. The van der Waals surface area contributed by atoms with Crippen LogP contribution in [0.3, 0.4) is 0 Å². The SMILES string of the molecule is CCCCOC(=O)Nc1nc(C(=NOC)C(=O)OC)cs1. The molecule has 1 N–H and O–H groups in total. The second-order valence-electron chi connectivity index (χ2n) is 3.77. The van der Waals surface area contributed by atoms with Crippen molar-refractivity contribution in [3.05, 3.63) is 11.1 Å². The van der Waals surface area contributed by atoms with Crippen LogP contribution in [0.4, 0.5) is 9.93 Å². The van der Waals surface area contributed by atoms with Crippen LogP contribution < -0.4 is 5.32 Å².